The molecular weight excluding hydrogens is 218 g/mol. The summed E-state index contributed by atoms with van der Waals surface area (Å²) in [6, 6.07) is 6.47. The van der Waals surface area contributed by atoms with E-state index in [9.17, 15) is 0 Å². The van der Waals surface area contributed by atoms with Gasteiger partial charge in [-0.1, -0.05) is 6.92 Å². The first-order valence-electron chi connectivity index (χ1n) is 5.55. The van der Waals surface area contributed by atoms with Crippen molar-refractivity contribution in [3.63, 3.8) is 0 Å². The second-order valence-electron chi connectivity index (χ2n) is 3.93. The number of rotatable bonds is 4. The molecule has 0 aliphatic carbocycles. The molecule has 2 rings (SSSR count). The Kier molecular flexibility index (Phi) is 3.46. The molecule has 1 atom stereocenters. The lowest BCUT2D eigenvalue weighted by Gasteiger charge is -2.13. The van der Waals surface area contributed by atoms with Crippen LogP contribution in [0.25, 0.3) is 0 Å². The van der Waals surface area contributed by atoms with Gasteiger partial charge in [0.05, 0.1) is 6.04 Å². The van der Waals surface area contributed by atoms with Gasteiger partial charge >= 0.3 is 0 Å². The Morgan fingerprint density at radius 1 is 1.38 bits per heavy atom. The highest BCUT2D eigenvalue weighted by molar-refractivity contribution is 7.10. The van der Waals surface area contributed by atoms with Gasteiger partial charge in [0.2, 0.25) is 0 Å². The number of nitrogens with one attached hydrogen (secondary N) is 1. The number of hydrogen-bond donors (Lipinski definition) is 1. The number of hydrogen-bond acceptors (Lipinski definition) is 3. The summed E-state index contributed by atoms with van der Waals surface area (Å²) in [5, 5.41) is 5.65. The van der Waals surface area contributed by atoms with Gasteiger partial charge in [-0.05, 0) is 49.5 Å². The van der Waals surface area contributed by atoms with Gasteiger partial charge in [-0.25, -0.2) is 0 Å². The molecule has 0 spiro atoms. The molecule has 2 aromatic rings. The minimum absolute atomic E-state index is 0.184. The van der Waals surface area contributed by atoms with Crippen LogP contribution in [0, 0.1) is 13.8 Å². The minimum Gasteiger partial charge on any atom is -0.464 e. The molecule has 3 heteroatoms. The van der Waals surface area contributed by atoms with E-state index in [0.717, 1.165) is 18.1 Å². The third-order valence-electron chi connectivity index (χ3n) is 2.54. The van der Waals surface area contributed by atoms with Gasteiger partial charge in [0.15, 0.2) is 0 Å². The third kappa shape index (κ3) is 2.36. The van der Waals surface area contributed by atoms with Crippen LogP contribution in [0.3, 0.4) is 0 Å². The SMILES string of the molecule is CCNC(c1csc(C)c1)c1ccc(C)o1. The molecule has 16 heavy (non-hydrogen) atoms. The van der Waals surface area contributed by atoms with E-state index >= 15 is 0 Å². The molecule has 0 aliphatic heterocycles. The zero-order valence-electron chi connectivity index (χ0n) is 9.91. The lowest BCUT2D eigenvalue weighted by Crippen LogP contribution is -2.20. The monoisotopic (exact) mass is 235 g/mol. The fraction of sp³-hybridized carbons (Fsp3) is 0.385. The van der Waals surface area contributed by atoms with Crippen LogP contribution in [0.15, 0.2) is 28.0 Å². The third-order valence-corrected chi connectivity index (χ3v) is 3.42. The van der Waals surface area contributed by atoms with Crippen molar-refractivity contribution >= 4 is 11.3 Å². The fourth-order valence-corrected chi connectivity index (χ4v) is 2.54. The Hall–Kier alpha value is -1.06. The Labute approximate surface area is 100 Å². The van der Waals surface area contributed by atoms with Gasteiger partial charge < -0.3 is 9.73 Å². The van der Waals surface area contributed by atoms with E-state index in [4.69, 9.17) is 4.42 Å². The summed E-state index contributed by atoms with van der Waals surface area (Å²) in [5.41, 5.74) is 1.29. The standard InChI is InChI=1S/C13H17NOS/c1-4-14-13(11-7-10(3)16-8-11)12-6-5-9(2)15-12/h5-8,13-14H,4H2,1-3H3. The summed E-state index contributed by atoms with van der Waals surface area (Å²) in [5.74, 6) is 1.96. The Bertz CT molecular complexity index is 418. The van der Waals surface area contributed by atoms with Crippen LogP contribution in [-0.4, -0.2) is 6.54 Å². The van der Waals surface area contributed by atoms with Crippen molar-refractivity contribution in [3.05, 3.63) is 45.5 Å². The molecule has 0 saturated carbocycles. The topological polar surface area (TPSA) is 25.2 Å². The molecule has 0 radical (unpaired) electrons. The van der Waals surface area contributed by atoms with E-state index < -0.39 is 0 Å². The van der Waals surface area contributed by atoms with E-state index in [-0.39, 0.29) is 6.04 Å². The second kappa shape index (κ2) is 4.85. The molecule has 0 aliphatic rings. The van der Waals surface area contributed by atoms with Crippen molar-refractivity contribution in [2.45, 2.75) is 26.8 Å². The van der Waals surface area contributed by atoms with Crippen LogP contribution in [0.5, 0.6) is 0 Å². The van der Waals surface area contributed by atoms with Crippen molar-refractivity contribution < 1.29 is 4.42 Å². The maximum atomic E-state index is 5.70. The molecular formula is C13H17NOS. The molecule has 0 saturated heterocycles. The van der Waals surface area contributed by atoms with Crippen molar-refractivity contribution in [1.29, 1.82) is 0 Å². The van der Waals surface area contributed by atoms with Crippen molar-refractivity contribution in [3.8, 4) is 0 Å². The highest BCUT2D eigenvalue weighted by Crippen LogP contribution is 2.27. The Morgan fingerprint density at radius 2 is 2.19 bits per heavy atom. The van der Waals surface area contributed by atoms with Crippen LogP contribution >= 0.6 is 11.3 Å². The zero-order chi connectivity index (χ0) is 11.5. The predicted octanol–water partition coefficient (Wildman–Crippen LogP) is 3.66. The maximum absolute atomic E-state index is 5.70. The van der Waals surface area contributed by atoms with E-state index in [1.54, 1.807) is 11.3 Å². The molecule has 86 valence electrons. The first kappa shape index (κ1) is 11.4. The summed E-state index contributed by atoms with van der Waals surface area (Å²) < 4.78 is 5.70. The van der Waals surface area contributed by atoms with Crippen LogP contribution in [-0.2, 0) is 0 Å². The minimum atomic E-state index is 0.184. The summed E-state index contributed by atoms with van der Waals surface area (Å²) in [6.45, 7) is 7.15. The average Bonchev–Trinajstić information content (AvgIpc) is 2.84. The number of aryl methyl sites for hydroxylation is 2. The molecule has 2 heterocycles. The second-order valence-corrected chi connectivity index (χ2v) is 5.05. The highest BCUT2D eigenvalue weighted by atomic mass is 32.1. The summed E-state index contributed by atoms with van der Waals surface area (Å²) in [4.78, 5) is 1.33. The van der Waals surface area contributed by atoms with Crippen molar-refractivity contribution in [2.75, 3.05) is 6.54 Å². The van der Waals surface area contributed by atoms with E-state index in [1.165, 1.54) is 10.4 Å². The Morgan fingerprint density at radius 3 is 2.69 bits per heavy atom. The van der Waals surface area contributed by atoms with Gasteiger partial charge in [0, 0.05) is 4.88 Å². The normalized spacial score (nSPS) is 12.9. The lowest BCUT2D eigenvalue weighted by atomic mass is 10.1. The fourth-order valence-electron chi connectivity index (χ4n) is 1.81. The van der Waals surface area contributed by atoms with E-state index in [2.05, 4.69) is 36.7 Å². The maximum Gasteiger partial charge on any atom is 0.125 e. The van der Waals surface area contributed by atoms with Crippen molar-refractivity contribution in [2.24, 2.45) is 0 Å². The molecule has 1 unspecified atom stereocenters. The molecule has 0 amide bonds. The van der Waals surface area contributed by atoms with Crippen molar-refractivity contribution in [1.82, 2.24) is 5.32 Å². The largest absolute Gasteiger partial charge is 0.464 e. The average molecular weight is 235 g/mol. The highest BCUT2D eigenvalue weighted by Gasteiger charge is 2.17. The first-order valence-corrected chi connectivity index (χ1v) is 6.43. The molecule has 1 N–H and O–H groups in total. The first-order chi connectivity index (χ1) is 7.70. The van der Waals surface area contributed by atoms with E-state index in [0.29, 0.717) is 0 Å². The summed E-state index contributed by atoms with van der Waals surface area (Å²) in [6.07, 6.45) is 0. The zero-order valence-corrected chi connectivity index (χ0v) is 10.7. The molecule has 2 aromatic heterocycles. The number of furan rings is 1. The summed E-state index contributed by atoms with van der Waals surface area (Å²) >= 11 is 1.78. The molecule has 2 nitrogen and oxygen atoms in total. The number of thiophene rings is 1. The Balaban J connectivity index is 2.30. The van der Waals surface area contributed by atoms with Gasteiger partial charge in [-0.15, -0.1) is 11.3 Å². The molecule has 0 aromatic carbocycles. The molecule has 0 bridgehead atoms. The smallest absolute Gasteiger partial charge is 0.125 e. The van der Waals surface area contributed by atoms with Gasteiger partial charge in [0.1, 0.15) is 11.5 Å². The summed E-state index contributed by atoms with van der Waals surface area (Å²) in [7, 11) is 0. The predicted molar refractivity (Wildman–Crippen MR) is 68.0 cm³/mol. The quantitative estimate of drug-likeness (QED) is 0.875. The van der Waals surface area contributed by atoms with Crippen LogP contribution in [0.1, 0.15) is 34.9 Å². The van der Waals surface area contributed by atoms with Crippen LogP contribution in [0.2, 0.25) is 0 Å². The lowest BCUT2D eigenvalue weighted by molar-refractivity contribution is 0.435. The van der Waals surface area contributed by atoms with E-state index in [1.807, 2.05) is 13.0 Å². The van der Waals surface area contributed by atoms with Crippen LogP contribution < -0.4 is 5.32 Å². The molecule has 0 fully saturated rings. The van der Waals surface area contributed by atoms with Gasteiger partial charge in [-0.2, -0.15) is 0 Å². The van der Waals surface area contributed by atoms with Gasteiger partial charge in [-0.3, -0.25) is 0 Å². The van der Waals surface area contributed by atoms with Crippen LogP contribution in [0.4, 0.5) is 0 Å². The van der Waals surface area contributed by atoms with Gasteiger partial charge in [0.25, 0.3) is 0 Å².